The van der Waals surface area contributed by atoms with E-state index in [-0.39, 0.29) is 0 Å². The fourth-order valence-electron chi connectivity index (χ4n) is 2.35. The van der Waals surface area contributed by atoms with Gasteiger partial charge in [0.25, 0.3) is 0 Å². The van der Waals surface area contributed by atoms with Crippen LogP contribution in [0.25, 0.3) is 0 Å². The first kappa shape index (κ1) is 15.7. The van der Waals surface area contributed by atoms with E-state index in [1.807, 2.05) is 49.4 Å². The summed E-state index contributed by atoms with van der Waals surface area (Å²) in [6.07, 6.45) is 0. The van der Waals surface area contributed by atoms with Gasteiger partial charge in [-0.05, 0) is 23.6 Å². The molecule has 0 aliphatic carbocycles. The molecule has 21 heavy (non-hydrogen) atoms. The van der Waals surface area contributed by atoms with E-state index < -0.39 is 5.60 Å². The van der Waals surface area contributed by atoms with Gasteiger partial charge < -0.3 is 15.2 Å². The number of hydrogen-bond acceptors (Lipinski definition) is 3. The van der Waals surface area contributed by atoms with Gasteiger partial charge in [-0.2, -0.15) is 0 Å². The van der Waals surface area contributed by atoms with Crippen LogP contribution >= 0.6 is 0 Å². The van der Waals surface area contributed by atoms with E-state index >= 15 is 0 Å². The maximum absolute atomic E-state index is 10.5. The predicted octanol–water partition coefficient (Wildman–Crippen LogP) is 2.83. The van der Waals surface area contributed by atoms with Gasteiger partial charge in [0.15, 0.2) is 0 Å². The van der Waals surface area contributed by atoms with Gasteiger partial charge in [-0.15, -0.1) is 0 Å². The highest BCUT2D eigenvalue weighted by Crippen LogP contribution is 2.19. The smallest absolute Gasteiger partial charge is 0.0992 e. The van der Waals surface area contributed by atoms with Crippen LogP contribution in [0.2, 0.25) is 0 Å². The zero-order valence-electron chi connectivity index (χ0n) is 12.7. The number of ether oxygens (including phenoxy) is 1. The van der Waals surface area contributed by atoms with Gasteiger partial charge in [0.2, 0.25) is 0 Å². The molecule has 0 amide bonds. The lowest BCUT2D eigenvalue weighted by atomic mass is 9.96. The molecule has 0 saturated carbocycles. The monoisotopic (exact) mass is 285 g/mol. The minimum Gasteiger partial charge on any atom is -0.384 e. The van der Waals surface area contributed by atoms with Crippen molar-refractivity contribution in [2.24, 2.45) is 0 Å². The van der Waals surface area contributed by atoms with Crippen LogP contribution < -0.4 is 5.32 Å². The Labute approximate surface area is 126 Å². The molecular weight excluding hydrogens is 262 g/mol. The molecule has 0 spiro atoms. The van der Waals surface area contributed by atoms with Gasteiger partial charge in [0.05, 0.1) is 12.2 Å². The molecule has 1 atom stereocenters. The quantitative estimate of drug-likeness (QED) is 0.822. The first-order chi connectivity index (χ1) is 10.1. The molecule has 2 aromatic rings. The number of nitrogens with one attached hydrogen (secondary N) is 1. The van der Waals surface area contributed by atoms with Crippen LogP contribution in [0.4, 0.5) is 0 Å². The minimum absolute atomic E-state index is 0.505. The van der Waals surface area contributed by atoms with Gasteiger partial charge in [0.1, 0.15) is 0 Å². The van der Waals surface area contributed by atoms with Crippen LogP contribution in [0.5, 0.6) is 0 Å². The van der Waals surface area contributed by atoms with E-state index in [1.165, 1.54) is 5.56 Å². The van der Waals surface area contributed by atoms with Crippen LogP contribution in [0, 0.1) is 0 Å². The number of methoxy groups -OCH3 is 1. The summed E-state index contributed by atoms with van der Waals surface area (Å²) in [7, 11) is 1.70. The van der Waals surface area contributed by atoms with Crippen molar-refractivity contribution < 1.29 is 9.84 Å². The highest BCUT2D eigenvalue weighted by atomic mass is 16.5. The maximum Gasteiger partial charge on any atom is 0.0992 e. The molecule has 0 aromatic heterocycles. The molecule has 1 unspecified atom stereocenters. The molecule has 0 radical (unpaired) electrons. The van der Waals surface area contributed by atoms with Crippen molar-refractivity contribution in [2.45, 2.75) is 25.7 Å². The summed E-state index contributed by atoms with van der Waals surface area (Å²) in [4.78, 5) is 0. The van der Waals surface area contributed by atoms with Gasteiger partial charge in [-0.25, -0.2) is 0 Å². The highest BCUT2D eigenvalue weighted by molar-refractivity contribution is 5.24. The van der Waals surface area contributed by atoms with Crippen LogP contribution in [0.15, 0.2) is 54.6 Å². The summed E-state index contributed by atoms with van der Waals surface area (Å²) in [5.41, 5.74) is 2.40. The topological polar surface area (TPSA) is 41.5 Å². The number of benzene rings is 2. The van der Waals surface area contributed by atoms with E-state index in [0.29, 0.717) is 13.2 Å². The third kappa shape index (κ3) is 4.67. The molecule has 2 rings (SSSR count). The molecule has 3 nitrogen and oxygen atoms in total. The third-order valence-corrected chi connectivity index (χ3v) is 3.50. The van der Waals surface area contributed by atoms with Gasteiger partial charge in [-0.3, -0.25) is 0 Å². The summed E-state index contributed by atoms with van der Waals surface area (Å²) >= 11 is 0. The number of hydrogen-bond donors (Lipinski definition) is 2. The second-order valence-electron chi connectivity index (χ2n) is 5.50. The van der Waals surface area contributed by atoms with Gasteiger partial charge in [0, 0.05) is 20.2 Å². The molecule has 0 aliphatic rings. The number of rotatable bonds is 7. The van der Waals surface area contributed by atoms with E-state index in [9.17, 15) is 5.11 Å². The molecular formula is C18H23NO2. The zero-order valence-corrected chi connectivity index (χ0v) is 12.7. The highest BCUT2D eigenvalue weighted by Gasteiger charge is 2.21. The Balaban J connectivity index is 1.90. The molecule has 0 heterocycles. The summed E-state index contributed by atoms with van der Waals surface area (Å²) in [5.74, 6) is 0. The summed E-state index contributed by atoms with van der Waals surface area (Å²) in [6, 6.07) is 18.0. The maximum atomic E-state index is 10.5. The van der Waals surface area contributed by atoms with Crippen molar-refractivity contribution in [3.8, 4) is 0 Å². The fourth-order valence-corrected chi connectivity index (χ4v) is 2.35. The van der Waals surface area contributed by atoms with E-state index in [2.05, 4.69) is 17.4 Å². The summed E-state index contributed by atoms with van der Waals surface area (Å²) in [5, 5.41) is 13.8. The average Bonchev–Trinajstić information content (AvgIpc) is 2.49. The van der Waals surface area contributed by atoms with Crippen molar-refractivity contribution in [3.63, 3.8) is 0 Å². The van der Waals surface area contributed by atoms with E-state index in [1.54, 1.807) is 7.11 Å². The van der Waals surface area contributed by atoms with Gasteiger partial charge in [-0.1, -0.05) is 54.6 Å². The van der Waals surface area contributed by atoms with E-state index in [0.717, 1.165) is 17.7 Å². The molecule has 0 saturated heterocycles. The number of aliphatic hydroxyl groups is 1. The Morgan fingerprint density at radius 3 is 2.48 bits per heavy atom. The fraction of sp³-hybridized carbons (Fsp3) is 0.333. The second-order valence-corrected chi connectivity index (χ2v) is 5.50. The predicted molar refractivity (Wildman–Crippen MR) is 84.9 cm³/mol. The second kappa shape index (κ2) is 7.36. The molecule has 3 heteroatoms. The van der Waals surface area contributed by atoms with Crippen LogP contribution in [-0.2, 0) is 23.5 Å². The largest absolute Gasteiger partial charge is 0.384 e. The Bertz CT molecular complexity index is 552. The SMILES string of the molecule is COCc1cccc(CNCC(C)(O)c2ccccc2)c1. The van der Waals surface area contributed by atoms with Gasteiger partial charge >= 0.3 is 0 Å². The summed E-state index contributed by atoms with van der Waals surface area (Å²) in [6.45, 7) is 3.68. The minimum atomic E-state index is -0.870. The Kier molecular flexibility index (Phi) is 5.51. The first-order valence-electron chi connectivity index (χ1n) is 7.17. The first-order valence-corrected chi connectivity index (χ1v) is 7.17. The molecule has 0 fully saturated rings. The third-order valence-electron chi connectivity index (χ3n) is 3.50. The zero-order chi connectivity index (χ0) is 15.1. The van der Waals surface area contributed by atoms with Crippen molar-refractivity contribution in [2.75, 3.05) is 13.7 Å². The molecule has 2 N–H and O–H groups in total. The Morgan fingerprint density at radius 2 is 1.76 bits per heavy atom. The van der Waals surface area contributed by atoms with Crippen molar-refractivity contribution in [1.29, 1.82) is 0 Å². The molecule has 0 bridgehead atoms. The van der Waals surface area contributed by atoms with Crippen molar-refractivity contribution in [3.05, 3.63) is 71.3 Å². The van der Waals surface area contributed by atoms with Crippen molar-refractivity contribution in [1.82, 2.24) is 5.32 Å². The lowest BCUT2D eigenvalue weighted by molar-refractivity contribution is 0.0566. The normalized spacial score (nSPS) is 13.9. The summed E-state index contributed by atoms with van der Waals surface area (Å²) < 4.78 is 5.14. The average molecular weight is 285 g/mol. The molecule has 112 valence electrons. The molecule has 2 aromatic carbocycles. The molecule has 0 aliphatic heterocycles. The lowest BCUT2D eigenvalue weighted by Gasteiger charge is -2.24. The van der Waals surface area contributed by atoms with Crippen LogP contribution in [0.1, 0.15) is 23.6 Å². The Hall–Kier alpha value is -1.68. The van der Waals surface area contributed by atoms with Crippen LogP contribution in [0.3, 0.4) is 0 Å². The van der Waals surface area contributed by atoms with Crippen molar-refractivity contribution >= 4 is 0 Å². The van der Waals surface area contributed by atoms with Crippen LogP contribution in [-0.4, -0.2) is 18.8 Å². The Morgan fingerprint density at radius 1 is 1.05 bits per heavy atom. The standard InChI is InChI=1S/C18H23NO2/c1-18(20,17-9-4-3-5-10-17)14-19-12-15-7-6-8-16(11-15)13-21-2/h3-11,19-20H,12-14H2,1-2H3. The lowest BCUT2D eigenvalue weighted by Crippen LogP contribution is -2.35. The van der Waals surface area contributed by atoms with E-state index in [4.69, 9.17) is 4.74 Å².